The fourth-order valence-electron chi connectivity index (χ4n) is 0.995. The van der Waals surface area contributed by atoms with E-state index in [2.05, 4.69) is 4.74 Å². The zero-order valence-electron chi connectivity index (χ0n) is 8.15. The van der Waals surface area contributed by atoms with Crippen molar-refractivity contribution in [2.24, 2.45) is 5.73 Å². The number of halogens is 1. The summed E-state index contributed by atoms with van der Waals surface area (Å²) in [4.78, 5) is 11.0. The number of aryl methyl sites for hydroxylation is 1. The average molecular weight is 220 g/mol. The van der Waals surface area contributed by atoms with Crippen molar-refractivity contribution in [1.82, 2.24) is 0 Å². The van der Waals surface area contributed by atoms with Crippen LogP contribution in [0.1, 0.15) is 24.5 Å². The molecular weight excluding hydrogens is 206 g/mol. The smallest absolute Gasteiger partial charge is 0.330 e. The van der Waals surface area contributed by atoms with Gasteiger partial charge in [0.1, 0.15) is 11.5 Å². The number of methoxy groups -OCH3 is 1. The molecule has 0 unspecified atom stereocenters. The number of nitrogens with two attached hydrogens (primary N) is 1. The third-order valence-electron chi connectivity index (χ3n) is 1.79. The molecule has 1 heterocycles. The van der Waals surface area contributed by atoms with Gasteiger partial charge in [0, 0.05) is 6.42 Å². The van der Waals surface area contributed by atoms with Gasteiger partial charge >= 0.3 is 5.97 Å². The fourth-order valence-corrected chi connectivity index (χ4v) is 0.995. The van der Waals surface area contributed by atoms with E-state index in [0.717, 1.165) is 12.2 Å². The number of rotatable bonds is 3. The highest BCUT2D eigenvalue weighted by Crippen LogP contribution is 2.15. The molecule has 1 aromatic rings. The number of hydrogen-bond acceptors (Lipinski definition) is 4. The Bertz CT molecular complexity index is 298. The second-order valence-electron chi connectivity index (χ2n) is 2.66. The van der Waals surface area contributed by atoms with Gasteiger partial charge < -0.3 is 14.9 Å². The third-order valence-corrected chi connectivity index (χ3v) is 1.79. The van der Waals surface area contributed by atoms with Crippen molar-refractivity contribution in [3.05, 3.63) is 23.7 Å². The van der Waals surface area contributed by atoms with Gasteiger partial charge in [0.05, 0.1) is 7.11 Å². The summed E-state index contributed by atoms with van der Waals surface area (Å²) in [6.07, 6.45) is 0.786. The van der Waals surface area contributed by atoms with Crippen LogP contribution in [0.25, 0.3) is 0 Å². The second kappa shape index (κ2) is 5.67. The highest BCUT2D eigenvalue weighted by molar-refractivity contribution is 5.85. The van der Waals surface area contributed by atoms with Crippen molar-refractivity contribution in [1.29, 1.82) is 0 Å². The van der Waals surface area contributed by atoms with Crippen molar-refractivity contribution in [3.63, 3.8) is 0 Å². The Morgan fingerprint density at radius 1 is 1.64 bits per heavy atom. The van der Waals surface area contributed by atoms with Gasteiger partial charge in [-0.1, -0.05) is 6.92 Å². The van der Waals surface area contributed by atoms with E-state index in [-0.39, 0.29) is 12.4 Å². The zero-order valence-corrected chi connectivity index (χ0v) is 8.97. The van der Waals surface area contributed by atoms with E-state index in [1.807, 2.05) is 6.92 Å². The van der Waals surface area contributed by atoms with Crippen LogP contribution in [0.15, 0.2) is 16.5 Å². The molecule has 0 saturated carbocycles. The Labute approximate surface area is 88.8 Å². The van der Waals surface area contributed by atoms with Crippen LogP contribution < -0.4 is 5.73 Å². The van der Waals surface area contributed by atoms with Crippen molar-refractivity contribution >= 4 is 18.4 Å². The minimum atomic E-state index is -0.815. The summed E-state index contributed by atoms with van der Waals surface area (Å²) in [6.45, 7) is 1.96. The molecule has 0 radical (unpaired) electrons. The summed E-state index contributed by atoms with van der Waals surface area (Å²) in [5.74, 6) is 0.773. The number of esters is 1. The molecule has 0 saturated heterocycles. The van der Waals surface area contributed by atoms with Crippen LogP contribution in [0.3, 0.4) is 0 Å². The average Bonchev–Trinajstić information content (AvgIpc) is 2.63. The van der Waals surface area contributed by atoms with E-state index >= 15 is 0 Å². The summed E-state index contributed by atoms with van der Waals surface area (Å²) in [7, 11) is 1.30. The van der Waals surface area contributed by atoms with Gasteiger partial charge in [-0.25, -0.2) is 4.79 Å². The molecular formula is C9H14ClNO3. The Hall–Kier alpha value is -1.00. The predicted molar refractivity (Wildman–Crippen MR) is 54.3 cm³/mol. The summed E-state index contributed by atoms with van der Waals surface area (Å²) < 4.78 is 9.78. The standard InChI is InChI=1S/C9H13NO3.ClH/c1-3-6-4-5-7(13-6)8(10)9(11)12-2;/h4-5,8H,3,10H2,1-2H3;1H/t8-;/m1./s1. The summed E-state index contributed by atoms with van der Waals surface area (Å²) in [5.41, 5.74) is 5.55. The number of carbonyl (C=O) groups is 1. The molecule has 14 heavy (non-hydrogen) atoms. The monoisotopic (exact) mass is 219 g/mol. The lowest BCUT2D eigenvalue weighted by Crippen LogP contribution is -2.21. The first-order valence-corrected chi connectivity index (χ1v) is 4.11. The second-order valence-corrected chi connectivity index (χ2v) is 2.66. The number of ether oxygens (including phenoxy) is 1. The lowest BCUT2D eigenvalue weighted by molar-refractivity contribution is -0.142. The van der Waals surface area contributed by atoms with Crippen molar-refractivity contribution in [2.75, 3.05) is 7.11 Å². The van der Waals surface area contributed by atoms with E-state index in [1.165, 1.54) is 7.11 Å². The Morgan fingerprint density at radius 2 is 2.29 bits per heavy atom. The molecule has 80 valence electrons. The van der Waals surface area contributed by atoms with Crippen molar-refractivity contribution in [2.45, 2.75) is 19.4 Å². The van der Waals surface area contributed by atoms with Crippen LogP contribution in [-0.2, 0) is 16.0 Å². The molecule has 0 aliphatic heterocycles. The normalized spacial score (nSPS) is 11.6. The lowest BCUT2D eigenvalue weighted by atomic mass is 10.2. The minimum Gasteiger partial charge on any atom is -0.468 e. The maximum Gasteiger partial charge on any atom is 0.330 e. The first-order valence-electron chi connectivity index (χ1n) is 4.11. The Balaban J connectivity index is 0.00000169. The van der Waals surface area contributed by atoms with Crippen molar-refractivity contribution < 1.29 is 13.9 Å². The van der Waals surface area contributed by atoms with Crippen LogP contribution in [0.4, 0.5) is 0 Å². The summed E-state index contributed by atoms with van der Waals surface area (Å²) in [6, 6.07) is 2.68. The molecule has 1 aromatic heterocycles. The molecule has 4 nitrogen and oxygen atoms in total. The van der Waals surface area contributed by atoms with E-state index in [9.17, 15) is 4.79 Å². The Morgan fingerprint density at radius 3 is 2.71 bits per heavy atom. The van der Waals surface area contributed by atoms with Gasteiger partial charge in [-0.15, -0.1) is 12.4 Å². The van der Waals surface area contributed by atoms with E-state index in [1.54, 1.807) is 12.1 Å². The zero-order chi connectivity index (χ0) is 9.84. The van der Waals surface area contributed by atoms with Crippen LogP contribution in [0.5, 0.6) is 0 Å². The quantitative estimate of drug-likeness (QED) is 0.782. The highest BCUT2D eigenvalue weighted by atomic mass is 35.5. The summed E-state index contributed by atoms with van der Waals surface area (Å²) >= 11 is 0. The van der Waals surface area contributed by atoms with Crippen LogP contribution in [-0.4, -0.2) is 13.1 Å². The Kier molecular flexibility index (Phi) is 5.27. The van der Waals surface area contributed by atoms with Crippen LogP contribution >= 0.6 is 12.4 Å². The van der Waals surface area contributed by atoms with Gasteiger partial charge in [0.25, 0.3) is 0 Å². The summed E-state index contributed by atoms with van der Waals surface area (Å²) in [5, 5.41) is 0. The molecule has 0 amide bonds. The minimum absolute atomic E-state index is 0. The molecule has 1 rings (SSSR count). The van der Waals surface area contributed by atoms with Gasteiger partial charge in [0.2, 0.25) is 0 Å². The lowest BCUT2D eigenvalue weighted by Gasteiger charge is -2.04. The number of carbonyl (C=O) groups excluding carboxylic acids is 1. The molecule has 0 aliphatic rings. The predicted octanol–water partition coefficient (Wildman–Crippen LogP) is 1.44. The SMILES string of the molecule is CCc1ccc([C@@H](N)C(=O)OC)o1.Cl. The maximum atomic E-state index is 11.0. The molecule has 0 bridgehead atoms. The maximum absolute atomic E-state index is 11.0. The molecule has 0 fully saturated rings. The fraction of sp³-hybridized carbons (Fsp3) is 0.444. The van der Waals surface area contributed by atoms with Gasteiger partial charge in [-0.2, -0.15) is 0 Å². The van der Waals surface area contributed by atoms with Gasteiger partial charge in [0.15, 0.2) is 6.04 Å². The highest BCUT2D eigenvalue weighted by Gasteiger charge is 2.19. The largest absolute Gasteiger partial charge is 0.468 e. The van der Waals surface area contributed by atoms with Gasteiger partial charge in [-0.05, 0) is 12.1 Å². The molecule has 2 N–H and O–H groups in total. The molecule has 0 aliphatic carbocycles. The van der Waals surface area contributed by atoms with E-state index in [0.29, 0.717) is 5.76 Å². The molecule has 0 spiro atoms. The van der Waals surface area contributed by atoms with Crippen LogP contribution in [0.2, 0.25) is 0 Å². The number of hydrogen-bond donors (Lipinski definition) is 1. The topological polar surface area (TPSA) is 65.5 Å². The molecule has 1 atom stereocenters. The van der Waals surface area contributed by atoms with Crippen LogP contribution in [0, 0.1) is 0 Å². The van der Waals surface area contributed by atoms with Crippen molar-refractivity contribution in [3.8, 4) is 0 Å². The third kappa shape index (κ3) is 2.75. The molecule has 0 aromatic carbocycles. The number of furan rings is 1. The molecule has 5 heteroatoms. The van der Waals surface area contributed by atoms with E-state index in [4.69, 9.17) is 10.2 Å². The van der Waals surface area contributed by atoms with Gasteiger partial charge in [-0.3, -0.25) is 0 Å². The first-order chi connectivity index (χ1) is 6.19. The first kappa shape index (κ1) is 13.0. The van der Waals surface area contributed by atoms with E-state index < -0.39 is 12.0 Å².